The Hall–Kier alpha value is -1.86. The second-order valence-electron chi connectivity index (χ2n) is 7.14. The molecule has 2 fully saturated rings. The Morgan fingerprint density at radius 1 is 1.15 bits per heavy atom. The van der Waals surface area contributed by atoms with E-state index in [0.29, 0.717) is 25.1 Å². The number of nitrogens with zero attached hydrogens (tertiary/aromatic N) is 3. The van der Waals surface area contributed by atoms with Crippen LogP contribution in [0.5, 0.6) is 0 Å². The zero-order chi connectivity index (χ0) is 18.4. The molecule has 26 heavy (non-hydrogen) atoms. The average Bonchev–Trinajstić information content (AvgIpc) is 3.30. The summed E-state index contributed by atoms with van der Waals surface area (Å²) in [4.78, 5) is 28.8. The van der Waals surface area contributed by atoms with Crippen molar-refractivity contribution in [2.24, 2.45) is 7.05 Å². The summed E-state index contributed by atoms with van der Waals surface area (Å²) in [6.45, 7) is 6.65. The van der Waals surface area contributed by atoms with E-state index in [2.05, 4.69) is 10.2 Å². The van der Waals surface area contributed by atoms with Crippen LogP contribution in [-0.2, 0) is 23.0 Å². The topological polar surface area (TPSA) is 66.8 Å². The van der Waals surface area contributed by atoms with E-state index in [1.54, 1.807) is 0 Å². The first-order chi connectivity index (χ1) is 12.6. The highest BCUT2D eigenvalue weighted by atomic mass is 16.5. The maximum Gasteiger partial charge on any atom is 0.267 e. The minimum Gasteiger partial charge on any atom is -0.379 e. The molecule has 0 bridgehead atoms. The molecule has 0 saturated carbocycles. The van der Waals surface area contributed by atoms with E-state index in [1.807, 2.05) is 28.8 Å². The fourth-order valence-electron chi connectivity index (χ4n) is 3.61. The number of carbonyl (C=O) groups excluding carboxylic acids is 2. The van der Waals surface area contributed by atoms with Crippen LogP contribution >= 0.6 is 0 Å². The molecule has 1 aromatic heterocycles. The molecule has 1 aromatic rings. The summed E-state index contributed by atoms with van der Waals surface area (Å²) in [5.74, 6) is 0.167. The second kappa shape index (κ2) is 9.19. The molecule has 0 spiro atoms. The summed E-state index contributed by atoms with van der Waals surface area (Å²) in [7, 11) is 1.88. The van der Waals surface area contributed by atoms with E-state index in [0.717, 1.165) is 64.3 Å². The molecule has 3 rings (SSSR count). The third-order valence-electron chi connectivity index (χ3n) is 5.20. The van der Waals surface area contributed by atoms with Crippen molar-refractivity contribution in [1.29, 1.82) is 0 Å². The van der Waals surface area contributed by atoms with Crippen LogP contribution < -0.4 is 5.32 Å². The van der Waals surface area contributed by atoms with Crippen molar-refractivity contribution in [2.45, 2.75) is 25.7 Å². The van der Waals surface area contributed by atoms with Crippen LogP contribution in [-0.4, -0.2) is 78.7 Å². The van der Waals surface area contributed by atoms with E-state index >= 15 is 0 Å². The van der Waals surface area contributed by atoms with Gasteiger partial charge in [-0.2, -0.15) is 0 Å². The third-order valence-corrected chi connectivity index (χ3v) is 5.20. The number of hydrogen-bond acceptors (Lipinski definition) is 4. The molecule has 2 aliphatic rings. The standard InChI is InChI=1S/C19H30N4O3/c1-21-15-16(4-5-18(24)23-7-2-3-8-23)14-17(21)19(25)20-6-9-22-10-12-26-13-11-22/h14-15H,2-13H2,1H3,(H,20,25). The molecule has 0 unspecified atom stereocenters. The van der Waals surface area contributed by atoms with Gasteiger partial charge in [0.2, 0.25) is 5.91 Å². The number of morpholine rings is 1. The predicted molar refractivity (Wildman–Crippen MR) is 99.1 cm³/mol. The normalized spacial score (nSPS) is 18.3. The van der Waals surface area contributed by atoms with Crippen molar-refractivity contribution in [3.8, 4) is 0 Å². The average molecular weight is 362 g/mol. The molecular weight excluding hydrogens is 332 g/mol. The number of aromatic nitrogens is 1. The molecule has 1 N–H and O–H groups in total. The number of aryl methyl sites for hydroxylation is 2. The summed E-state index contributed by atoms with van der Waals surface area (Å²) in [6, 6.07) is 1.90. The first kappa shape index (κ1) is 18.9. The van der Waals surface area contributed by atoms with Crippen LogP contribution in [0.15, 0.2) is 12.3 Å². The summed E-state index contributed by atoms with van der Waals surface area (Å²) >= 11 is 0. The number of carbonyl (C=O) groups is 2. The highest BCUT2D eigenvalue weighted by molar-refractivity contribution is 5.93. The molecule has 2 saturated heterocycles. The highest BCUT2D eigenvalue weighted by Crippen LogP contribution is 2.13. The van der Waals surface area contributed by atoms with Crippen LogP contribution in [0.2, 0.25) is 0 Å². The third kappa shape index (κ3) is 5.08. The second-order valence-corrected chi connectivity index (χ2v) is 7.14. The summed E-state index contributed by atoms with van der Waals surface area (Å²) in [5.41, 5.74) is 1.69. The van der Waals surface area contributed by atoms with Gasteiger partial charge in [-0.1, -0.05) is 0 Å². The van der Waals surface area contributed by atoms with Crippen molar-refractivity contribution < 1.29 is 14.3 Å². The van der Waals surface area contributed by atoms with Gasteiger partial charge < -0.3 is 19.5 Å². The number of hydrogen-bond donors (Lipinski definition) is 1. The molecular formula is C19H30N4O3. The molecule has 0 atom stereocenters. The number of rotatable bonds is 7. The van der Waals surface area contributed by atoms with Gasteiger partial charge in [0.05, 0.1) is 13.2 Å². The maximum absolute atomic E-state index is 12.4. The minimum atomic E-state index is -0.0575. The maximum atomic E-state index is 12.4. The van der Waals surface area contributed by atoms with Gasteiger partial charge in [-0.15, -0.1) is 0 Å². The van der Waals surface area contributed by atoms with Crippen molar-refractivity contribution in [2.75, 3.05) is 52.5 Å². The Kier molecular flexibility index (Phi) is 6.68. The lowest BCUT2D eigenvalue weighted by Crippen LogP contribution is -2.41. The van der Waals surface area contributed by atoms with Gasteiger partial charge in [-0.25, -0.2) is 0 Å². The lowest BCUT2D eigenvalue weighted by molar-refractivity contribution is -0.130. The molecule has 0 radical (unpaired) electrons. The first-order valence-electron chi connectivity index (χ1n) is 9.65. The number of ether oxygens (including phenoxy) is 1. The van der Waals surface area contributed by atoms with Gasteiger partial charge in [-0.3, -0.25) is 14.5 Å². The Morgan fingerprint density at radius 2 is 1.88 bits per heavy atom. The summed E-state index contributed by atoms with van der Waals surface area (Å²) < 4.78 is 7.17. The van der Waals surface area contributed by atoms with Gasteiger partial charge in [-0.05, 0) is 30.9 Å². The van der Waals surface area contributed by atoms with E-state index in [1.165, 1.54) is 0 Å². The smallest absolute Gasteiger partial charge is 0.267 e. The van der Waals surface area contributed by atoms with E-state index in [4.69, 9.17) is 4.74 Å². The van der Waals surface area contributed by atoms with Gasteiger partial charge in [0.25, 0.3) is 5.91 Å². The fourth-order valence-corrected chi connectivity index (χ4v) is 3.61. The summed E-state index contributed by atoms with van der Waals surface area (Å²) in [6.07, 6.45) is 5.39. The predicted octanol–water partition coefficient (Wildman–Crippen LogP) is 0.642. The monoisotopic (exact) mass is 362 g/mol. The number of likely N-dealkylation sites (tertiary alicyclic amines) is 1. The molecule has 2 amide bonds. The Morgan fingerprint density at radius 3 is 2.62 bits per heavy atom. The highest BCUT2D eigenvalue weighted by Gasteiger charge is 2.18. The van der Waals surface area contributed by atoms with E-state index in [9.17, 15) is 9.59 Å². The van der Waals surface area contributed by atoms with Crippen LogP contribution in [0.4, 0.5) is 0 Å². The van der Waals surface area contributed by atoms with E-state index < -0.39 is 0 Å². The fraction of sp³-hybridized carbons (Fsp3) is 0.684. The van der Waals surface area contributed by atoms with Crippen molar-refractivity contribution in [3.05, 3.63) is 23.5 Å². The van der Waals surface area contributed by atoms with Gasteiger partial charge in [0, 0.05) is 58.9 Å². The molecule has 3 heterocycles. The first-order valence-corrected chi connectivity index (χ1v) is 9.65. The van der Waals surface area contributed by atoms with Crippen LogP contribution in [0.3, 0.4) is 0 Å². The van der Waals surface area contributed by atoms with Crippen molar-refractivity contribution in [3.63, 3.8) is 0 Å². The van der Waals surface area contributed by atoms with Gasteiger partial charge in [0.15, 0.2) is 0 Å². The number of nitrogens with one attached hydrogen (secondary N) is 1. The Labute approximate surface area is 155 Å². The van der Waals surface area contributed by atoms with Crippen molar-refractivity contribution >= 4 is 11.8 Å². The number of amides is 2. The molecule has 144 valence electrons. The summed E-state index contributed by atoms with van der Waals surface area (Å²) in [5, 5.41) is 2.99. The lowest BCUT2D eigenvalue weighted by Gasteiger charge is -2.26. The molecule has 2 aliphatic heterocycles. The zero-order valence-corrected chi connectivity index (χ0v) is 15.7. The molecule has 0 aromatic carbocycles. The lowest BCUT2D eigenvalue weighted by atomic mass is 10.1. The molecule has 0 aliphatic carbocycles. The molecule has 7 heteroatoms. The van der Waals surface area contributed by atoms with Gasteiger partial charge >= 0.3 is 0 Å². The van der Waals surface area contributed by atoms with Crippen LogP contribution in [0, 0.1) is 0 Å². The Balaban J connectivity index is 1.44. The van der Waals surface area contributed by atoms with Crippen LogP contribution in [0.1, 0.15) is 35.3 Å². The van der Waals surface area contributed by atoms with Crippen molar-refractivity contribution in [1.82, 2.24) is 19.7 Å². The zero-order valence-electron chi connectivity index (χ0n) is 15.7. The van der Waals surface area contributed by atoms with Gasteiger partial charge in [0.1, 0.15) is 5.69 Å². The molecule has 7 nitrogen and oxygen atoms in total. The quantitative estimate of drug-likeness (QED) is 0.773. The Bertz CT molecular complexity index is 616. The van der Waals surface area contributed by atoms with E-state index in [-0.39, 0.29) is 11.8 Å². The SMILES string of the molecule is Cn1cc(CCC(=O)N2CCCC2)cc1C(=O)NCCN1CCOCC1. The minimum absolute atomic E-state index is 0.0575. The van der Waals surface area contributed by atoms with Crippen LogP contribution in [0.25, 0.3) is 0 Å². The largest absolute Gasteiger partial charge is 0.379 e.